The van der Waals surface area contributed by atoms with Crippen molar-refractivity contribution in [2.75, 3.05) is 0 Å². The lowest BCUT2D eigenvalue weighted by Crippen LogP contribution is -1.99. The Morgan fingerprint density at radius 3 is 2.58 bits per heavy atom. The number of ether oxygens (including phenoxy) is 1. The Bertz CT molecular complexity index is 962. The quantitative estimate of drug-likeness (QED) is 0.576. The van der Waals surface area contributed by atoms with Crippen molar-refractivity contribution >= 4 is 11.0 Å². The molecule has 0 fully saturated rings. The summed E-state index contributed by atoms with van der Waals surface area (Å²) in [5.74, 6) is 1.71. The Morgan fingerprint density at radius 1 is 0.958 bits per heavy atom. The molecule has 0 aliphatic rings. The minimum absolute atomic E-state index is 0.513. The van der Waals surface area contributed by atoms with Crippen molar-refractivity contribution in [3.05, 3.63) is 78.6 Å². The summed E-state index contributed by atoms with van der Waals surface area (Å²) in [7, 11) is 0. The summed E-state index contributed by atoms with van der Waals surface area (Å²) in [6, 6.07) is 14.0. The first-order valence-electron chi connectivity index (χ1n) is 7.72. The Hall–Kier alpha value is -3.21. The molecular formula is C19H16N4O. The minimum atomic E-state index is 0.513. The zero-order valence-electron chi connectivity index (χ0n) is 13.3. The number of hydrogen-bond acceptors (Lipinski definition) is 4. The van der Waals surface area contributed by atoms with Gasteiger partial charge >= 0.3 is 0 Å². The lowest BCUT2D eigenvalue weighted by molar-refractivity contribution is 0.305. The summed E-state index contributed by atoms with van der Waals surface area (Å²) in [4.78, 5) is 12.7. The topological polar surface area (TPSA) is 52.8 Å². The smallest absolute Gasteiger partial charge is 0.138 e. The maximum Gasteiger partial charge on any atom is 0.138 e. The molecular weight excluding hydrogens is 300 g/mol. The van der Waals surface area contributed by atoms with Gasteiger partial charge in [-0.2, -0.15) is 0 Å². The van der Waals surface area contributed by atoms with Gasteiger partial charge in [-0.15, -0.1) is 0 Å². The second-order valence-corrected chi connectivity index (χ2v) is 5.50. The standard InChI is InChI=1S/C19H16N4O/c1-14-22-18-12-21-10-8-19(18)23(14)16-6-4-15(5-7-16)13-24-17-3-2-9-20-11-17/h2-12H,13H2,1H3. The SMILES string of the molecule is Cc1nc2cnccc2n1-c1ccc(COc2cccnc2)cc1. The third kappa shape index (κ3) is 2.72. The van der Waals surface area contributed by atoms with E-state index in [1.807, 2.05) is 25.1 Å². The molecule has 0 amide bonds. The highest BCUT2D eigenvalue weighted by molar-refractivity contribution is 5.77. The maximum absolute atomic E-state index is 5.73. The number of nitrogens with zero attached hydrogens (tertiary/aromatic N) is 4. The van der Waals surface area contributed by atoms with E-state index in [9.17, 15) is 0 Å². The van der Waals surface area contributed by atoms with Crippen LogP contribution in [0.25, 0.3) is 16.7 Å². The molecule has 0 radical (unpaired) electrons. The molecule has 3 heterocycles. The number of benzene rings is 1. The molecule has 5 heteroatoms. The van der Waals surface area contributed by atoms with Crippen LogP contribution in [0.2, 0.25) is 0 Å². The Morgan fingerprint density at radius 2 is 1.79 bits per heavy atom. The Labute approximate surface area is 139 Å². The number of aromatic nitrogens is 4. The van der Waals surface area contributed by atoms with Crippen LogP contribution in [0.4, 0.5) is 0 Å². The Balaban J connectivity index is 1.58. The lowest BCUT2D eigenvalue weighted by Gasteiger charge is -2.09. The number of imidazole rings is 1. The van der Waals surface area contributed by atoms with E-state index in [2.05, 4.69) is 43.8 Å². The zero-order chi connectivity index (χ0) is 16.4. The van der Waals surface area contributed by atoms with E-state index in [-0.39, 0.29) is 0 Å². The summed E-state index contributed by atoms with van der Waals surface area (Å²) in [5, 5.41) is 0. The highest BCUT2D eigenvalue weighted by Gasteiger charge is 2.09. The van der Waals surface area contributed by atoms with Crippen LogP contribution in [0.5, 0.6) is 5.75 Å². The van der Waals surface area contributed by atoms with E-state index in [1.165, 1.54) is 0 Å². The van der Waals surface area contributed by atoms with E-state index in [0.29, 0.717) is 6.61 Å². The normalized spacial score (nSPS) is 10.9. The van der Waals surface area contributed by atoms with E-state index in [1.54, 1.807) is 24.8 Å². The molecule has 0 spiro atoms. The first kappa shape index (κ1) is 14.4. The maximum atomic E-state index is 5.73. The van der Waals surface area contributed by atoms with E-state index < -0.39 is 0 Å². The van der Waals surface area contributed by atoms with Gasteiger partial charge in [-0.05, 0) is 42.8 Å². The fraction of sp³-hybridized carbons (Fsp3) is 0.105. The molecule has 0 bridgehead atoms. The van der Waals surface area contributed by atoms with Gasteiger partial charge in [0.15, 0.2) is 0 Å². The summed E-state index contributed by atoms with van der Waals surface area (Å²) >= 11 is 0. The van der Waals surface area contributed by atoms with Crippen LogP contribution >= 0.6 is 0 Å². The monoisotopic (exact) mass is 316 g/mol. The fourth-order valence-electron chi connectivity index (χ4n) is 2.72. The van der Waals surface area contributed by atoms with Gasteiger partial charge in [-0.25, -0.2) is 4.98 Å². The van der Waals surface area contributed by atoms with Crippen molar-refractivity contribution in [1.29, 1.82) is 0 Å². The molecule has 4 rings (SSSR count). The molecule has 0 N–H and O–H groups in total. The number of fused-ring (bicyclic) bond motifs is 1. The van der Waals surface area contributed by atoms with Gasteiger partial charge < -0.3 is 4.74 Å². The summed E-state index contributed by atoms with van der Waals surface area (Å²) < 4.78 is 7.85. The predicted octanol–water partition coefficient (Wildman–Crippen LogP) is 3.70. The molecule has 1 aromatic carbocycles. The number of pyridine rings is 2. The first-order valence-corrected chi connectivity index (χ1v) is 7.72. The molecule has 118 valence electrons. The highest BCUT2D eigenvalue weighted by atomic mass is 16.5. The predicted molar refractivity (Wildman–Crippen MR) is 92.2 cm³/mol. The largest absolute Gasteiger partial charge is 0.487 e. The average Bonchev–Trinajstić information content (AvgIpc) is 2.97. The van der Waals surface area contributed by atoms with Crippen LogP contribution in [0, 0.1) is 6.92 Å². The summed E-state index contributed by atoms with van der Waals surface area (Å²) in [6.07, 6.45) is 7.02. The van der Waals surface area contributed by atoms with Gasteiger partial charge in [0.1, 0.15) is 23.7 Å². The minimum Gasteiger partial charge on any atom is -0.487 e. The summed E-state index contributed by atoms with van der Waals surface area (Å²) in [5.41, 5.74) is 4.14. The van der Waals surface area contributed by atoms with Crippen molar-refractivity contribution in [1.82, 2.24) is 19.5 Å². The molecule has 0 aliphatic heterocycles. The van der Waals surface area contributed by atoms with Gasteiger partial charge in [0.2, 0.25) is 0 Å². The number of aryl methyl sites for hydroxylation is 1. The van der Waals surface area contributed by atoms with Gasteiger partial charge in [-0.1, -0.05) is 12.1 Å². The highest BCUT2D eigenvalue weighted by Crippen LogP contribution is 2.21. The Kier molecular flexibility index (Phi) is 3.67. The molecule has 4 aromatic rings. The second-order valence-electron chi connectivity index (χ2n) is 5.50. The van der Waals surface area contributed by atoms with Crippen LogP contribution in [0.3, 0.4) is 0 Å². The lowest BCUT2D eigenvalue weighted by atomic mass is 10.2. The van der Waals surface area contributed by atoms with E-state index in [4.69, 9.17) is 4.74 Å². The molecule has 0 aliphatic carbocycles. The fourth-order valence-corrected chi connectivity index (χ4v) is 2.72. The molecule has 0 saturated carbocycles. The van der Waals surface area contributed by atoms with Crippen LogP contribution < -0.4 is 4.74 Å². The molecule has 0 unspecified atom stereocenters. The van der Waals surface area contributed by atoms with Crippen molar-refractivity contribution < 1.29 is 4.74 Å². The third-order valence-corrected chi connectivity index (χ3v) is 3.86. The van der Waals surface area contributed by atoms with Gasteiger partial charge in [0.05, 0.1) is 17.9 Å². The van der Waals surface area contributed by atoms with Gasteiger partial charge in [-0.3, -0.25) is 14.5 Å². The first-order chi connectivity index (χ1) is 11.8. The van der Waals surface area contributed by atoms with Crippen molar-refractivity contribution in [3.63, 3.8) is 0 Å². The number of rotatable bonds is 4. The van der Waals surface area contributed by atoms with Crippen molar-refractivity contribution in [2.45, 2.75) is 13.5 Å². The van der Waals surface area contributed by atoms with E-state index in [0.717, 1.165) is 33.9 Å². The van der Waals surface area contributed by atoms with E-state index >= 15 is 0 Å². The zero-order valence-corrected chi connectivity index (χ0v) is 13.3. The van der Waals surface area contributed by atoms with Crippen LogP contribution in [0.1, 0.15) is 11.4 Å². The van der Waals surface area contributed by atoms with Gasteiger partial charge in [0.25, 0.3) is 0 Å². The molecule has 5 nitrogen and oxygen atoms in total. The molecule has 3 aromatic heterocycles. The molecule has 0 saturated heterocycles. The summed E-state index contributed by atoms with van der Waals surface area (Å²) in [6.45, 7) is 2.51. The average molecular weight is 316 g/mol. The third-order valence-electron chi connectivity index (χ3n) is 3.86. The number of hydrogen-bond donors (Lipinski definition) is 0. The van der Waals surface area contributed by atoms with Crippen LogP contribution in [0.15, 0.2) is 67.3 Å². The second kappa shape index (κ2) is 6.12. The molecule has 24 heavy (non-hydrogen) atoms. The molecule has 0 atom stereocenters. The van der Waals surface area contributed by atoms with Gasteiger partial charge in [0, 0.05) is 18.1 Å². The van der Waals surface area contributed by atoms with Crippen LogP contribution in [-0.2, 0) is 6.61 Å². The van der Waals surface area contributed by atoms with Crippen molar-refractivity contribution in [2.24, 2.45) is 0 Å². The van der Waals surface area contributed by atoms with Crippen molar-refractivity contribution in [3.8, 4) is 11.4 Å². The van der Waals surface area contributed by atoms with Crippen LogP contribution in [-0.4, -0.2) is 19.5 Å².